The van der Waals surface area contributed by atoms with Crippen LogP contribution in [0.4, 0.5) is 13.6 Å². The fraction of sp³-hybridized carbons (Fsp3) is 0.680. The second-order valence-corrected chi connectivity index (χ2v) is 13.2. The molecule has 36 heavy (non-hydrogen) atoms. The number of carbonyl (C=O) groups is 2. The molecular weight excluding hydrogens is 583 g/mol. The van der Waals surface area contributed by atoms with Gasteiger partial charge >= 0.3 is 6.09 Å². The third kappa shape index (κ3) is 5.17. The van der Waals surface area contributed by atoms with Gasteiger partial charge < -0.3 is 15.4 Å². The van der Waals surface area contributed by atoms with Gasteiger partial charge in [-0.25, -0.2) is 23.1 Å². The summed E-state index contributed by atoms with van der Waals surface area (Å²) in [6, 6.07) is 1.58. The van der Waals surface area contributed by atoms with Crippen LogP contribution in [0.5, 0.6) is 0 Å². The molecule has 0 aromatic carbocycles. The molecule has 3 heterocycles. The first-order chi connectivity index (χ1) is 16.8. The monoisotopic (exact) mass is 615 g/mol. The highest BCUT2D eigenvalue weighted by Crippen LogP contribution is 2.49. The molecular formula is C25H32F2IN5O3. The Bertz CT molecular complexity index is 1170. The Morgan fingerprint density at radius 3 is 2.69 bits per heavy atom. The second kappa shape index (κ2) is 9.05. The molecule has 2 N–H and O–H groups in total. The number of nitrogens with zero attached hydrogens (tertiary/aromatic N) is 3. The van der Waals surface area contributed by atoms with E-state index >= 15 is 0 Å². The van der Waals surface area contributed by atoms with E-state index in [0.717, 1.165) is 18.4 Å². The van der Waals surface area contributed by atoms with Crippen molar-refractivity contribution in [3.05, 3.63) is 29.7 Å². The molecule has 3 aliphatic rings. The van der Waals surface area contributed by atoms with Crippen molar-refractivity contribution in [2.75, 3.05) is 0 Å². The predicted octanol–water partition coefficient (Wildman–Crippen LogP) is 4.75. The van der Waals surface area contributed by atoms with Gasteiger partial charge in [-0.05, 0) is 70.4 Å². The van der Waals surface area contributed by atoms with Gasteiger partial charge in [0.15, 0.2) is 5.65 Å². The van der Waals surface area contributed by atoms with E-state index in [9.17, 15) is 18.4 Å². The maximum absolute atomic E-state index is 13.9. The molecule has 2 saturated carbocycles. The van der Waals surface area contributed by atoms with Gasteiger partial charge in [0.2, 0.25) is 11.8 Å². The van der Waals surface area contributed by atoms with E-state index in [-0.39, 0.29) is 43.6 Å². The minimum atomic E-state index is -2.68. The summed E-state index contributed by atoms with van der Waals surface area (Å²) in [5.74, 6) is -2.76. The number of fused-ring (bicyclic) bond motifs is 3. The smallest absolute Gasteiger partial charge is 0.408 e. The number of amides is 2. The van der Waals surface area contributed by atoms with Crippen LogP contribution in [0.2, 0.25) is 0 Å². The third-order valence-corrected chi connectivity index (χ3v) is 8.90. The summed E-state index contributed by atoms with van der Waals surface area (Å²) in [4.78, 5) is 30.0. The molecule has 0 spiro atoms. The summed E-state index contributed by atoms with van der Waals surface area (Å²) in [5.41, 5.74) is 0.988. The number of halogens is 3. The SMILES string of the molecule is CC(C)(C)OC(=O)N[C@H](c1cn2ncc(CC34CC(I)C(C3)NC4=O)cc2n1)C1CCC(F)(F)CC1. The molecule has 2 aromatic heterocycles. The molecule has 2 aliphatic carbocycles. The van der Waals surface area contributed by atoms with Crippen molar-refractivity contribution in [1.29, 1.82) is 0 Å². The van der Waals surface area contributed by atoms with Crippen LogP contribution in [0, 0.1) is 11.3 Å². The zero-order valence-electron chi connectivity index (χ0n) is 20.7. The largest absolute Gasteiger partial charge is 0.444 e. The van der Waals surface area contributed by atoms with Gasteiger partial charge in [0.05, 0.1) is 29.5 Å². The van der Waals surface area contributed by atoms with Crippen LogP contribution in [0.1, 0.15) is 76.6 Å². The highest BCUT2D eigenvalue weighted by Gasteiger charge is 2.55. The van der Waals surface area contributed by atoms with Crippen LogP contribution in [-0.2, 0) is 16.0 Å². The lowest BCUT2D eigenvalue weighted by Crippen LogP contribution is -2.42. The van der Waals surface area contributed by atoms with E-state index < -0.39 is 29.1 Å². The molecule has 4 atom stereocenters. The van der Waals surface area contributed by atoms with E-state index in [1.165, 1.54) is 0 Å². The van der Waals surface area contributed by atoms with Crippen molar-refractivity contribution >= 4 is 40.2 Å². The fourth-order valence-corrected chi connectivity index (χ4v) is 7.13. The van der Waals surface area contributed by atoms with E-state index in [2.05, 4.69) is 38.3 Å². The summed E-state index contributed by atoms with van der Waals surface area (Å²) in [5, 5.41) is 10.5. The molecule has 1 saturated heterocycles. The number of aromatic nitrogens is 3. The van der Waals surface area contributed by atoms with Gasteiger partial charge in [-0.3, -0.25) is 4.79 Å². The first-order valence-corrected chi connectivity index (χ1v) is 13.7. The number of alkyl carbamates (subject to hydrolysis) is 1. The molecule has 8 nitrogen and oxygen atoms in total. The minimum Gasteiger partial charge on any atom is -0.444 e. The number of rotatable bonds is 5. The third-order valence-electron chi connectivity index (χ3n) is 7.59. The Labute approximate surface area is 222 Å². The summed E-state index contributed by atoms with van der Waals surface area (Å²) < 4.78 is 35.2. The molecule has 3 unspecified atom stereocenters. The van der Waals surface area contributed by atoms with Crippen molar-refractivity contribution < 1.29 is 23.1 Å². The van der Waals surface area contributed by atoms with Gasteiger partial charge in [-0.1, -0.05) is 22.6 Å². The van der Waals surface area contributed by atoms with Crippen LogP contribution in [0.15, 0.2) is 18.5 Å². The second-order valence-electron chi connectivity index (χ2n) is 11.6. The zero-order chi connectivity index (χ0) is 25.9. The molecule has 2 amide bonds. The maximum Gasteiger partial charge on any atom is 0.408 e. The van der Waals surface area contributed by atoms with Crippen molar-refractivity contribution in [3.8, 4) is 0 Å². The van der Waals surface area contributed by atoms with E-state index in [0.29, 0.717) is 21.7 Å². The maximum atomic E-state index is 13.9. The minimum absolute atomic E-state index is 0.111. The van der Waals surface area contributed by atoms with Crippen LogP contribution in [0.25, 0.3) is 5.65 Å². The molecule has 11 heteroatoms. The Hall–Kier alpha value is -2.05. The van der Waals surface area contributed by atoms with Crippen molar-refractivity contribution in [3.63, 3.8) is 0 Å². The molecule has 196 valence electrons. The van der Waals surface area contributed by atoms with Gasteiger partial charge in [0.25, 0.3) is 0 Å². The highest BCUT2D eigenvalue weighted by atomic mass is 127. The lowest BCUT2D eigenvalue weighted by molar-refractivity contribution is -0.128. The number of alkyl halides is 3. The average molecular weight is 615 g/mol. The van der Waals surface area contributed by atoms with Gasteiger partial charge in [-0.15, -0.1) is 0 Å². The average Bonchev–Trinajstić information content (AvgIpc) is 3.41. The van der Waals surface area contributed by atoms with Gasteiger partial charge in [-0.2, -0.15) is 5.10 Å². The summed E-state index contributed by atoms with van der Waals surface area (Å²) in [6.07, 6.45) is 5.27. The molecule has 3 fully saturated rings. The first-order valence-electron chi connectivity index (χ1n) is 12.5. The number of piperidine rings is 1. The number of ether oxygens (including phenoxy) is 1. The quantitative estimate of drug-likeness (QED) is 0.374. The van der Waals surface area contributed by atoms with E-state index in [1.54, 1.807) is 37.7 Å². The summed E-state index contributed by atoms with van der Waals surface area (Å²) in [6.45, 7) is 5.32. The van der Waals surface area contributed by atoms with E-state index in [1.807, 2.05) is 6.07 Å². The normalized spacial score (nSPS) is 28.8. The Morgan fingerprint density at radius 1 is 1.33 bits per heavy atom. The number of nitrogens with one attached hydrogen (secondary N) is 2. The topological polar surface area (TPSA) is 97.6 Å². The van der Waals surface area contributed by atoms with Gasteiger partial charge in [0.1, 0.15) is 5.60 Å². The van der Waals surface area contributed by atoms with E-state index in [4.69, 9.17) is 9.72 Å². The lowest BCUT2D eigenvalue weighted by atomic mass is 9.81. The molecule has 2 aromatic rings. The number of carbonyl (C=O) groups excluding carboxylic acids is 2. The fourth-order valence-electron chi connectivity index (χ4n) is 5.86. The standard InChI is InChI=1S/C25H32F2IN5O3/c1-23(2,3)36-22(35)32-20(15-4-6-25(26,27)7-5-15)18-13-33-19(30-18)8-14(12-29-33)9-24-10-16(28)17(11-24)31-21(24)34/h8,12-13,15-17,20H,4-7,9-11H2,1-3H3,(H,31,34)(H,32,35)/t16?,17?,20-,24?/m0/s1. The predicted molar refractivity (Wildman–Crippen MR) is 137 cm³/mol. The summed E-state index contributed by atoms with van der Waals surface area (Å²) in [7, 11) is 0. The lowest BCUT2D eigenvalue weighted by Gasteiger charge is -2.33. The van der Waals surface area contributed by atoms with Crippen LogP contribution >= 0.6 is 22.6 Å². The molecule has 0 radical (unpaired) electrons. The highest BCUT2D eigenvalue weighted by molar-refractivity contribution is 14.1. The van der Waals surface area contributed by atoms with Crippen LogP contribution in [0.3, 0.4) is 0 Å². The zero-order valence-corrected chi connectivity index (χ0v) is 22.8. The van der Waals surface area contributed by atoms with Crippen molar-refractivity contribution in [2.24, 2.45) is 11.3 Å². The molecule has 5 rings (SSSR count). The molecule has 2 bridgehead atoms. The van der Waals surface area contributed by atoms with Crippen molar-refractivity contribution in [1.82, 2.24) is 25.2 Å². The Morgan fingerprint density at radius 2 is 2.06 bits per heavy atom. The molecule has 1 aliphatic heterocycles. The Kier molecular flexibility index (Phi) is 6.44. The number of hydrogen-bond acceptors (Lipinski definition) is 5. The first kappa shape index (κ1) is 25.6. The number of hydrogen-bond donors (Lipinski definition) is 2. The van der Waals surface area contributed by atoms with Gasteiger partial charge in [0, 0.05) is 22.8 Å². The summed E-state index contributed by atoms with van der Waals surface area (Å²) >= 11 is 2.41. The van der Waals surface area contributed by atoms with Crippen molar-refractivity contribution in [2.45, 2.75) is 93.2 Å². The van der Waals surface area contributed by atoms with Crippen LogP contribution in [-0.4, -0.2) is 48.1 Å². The van der Waals surface area contributed by atoms with Crippen LogP contribution < -0.4 is 10.6 Å². The number of imidazole rings is 1. The Balaban J connectivity index is 1.40.